The van der Waals surface area contributed by atoms with Crippen LogP contribution in [0.15, 0.2) is 12.2 Å². The molecule has 10 heavy (non-hydrogen) atoms. The van der Waals surface area contributed by atoms with Gasteiger partial charge in [0.15, 0.2) is 0 Å². The van der Waals surface area contributed by atoms with Gasteiger partial charge in [-0.05, 0) is 33.6 Å². The van der Waals surface area contributed by atoms with E-state index in [-0.39, 0.29) is 5.60 Å². The minimum Gasteiger partial charge on any atom is -0.368 e. The lowest BCUT2D eigenvalue weighted by molar-refractivity contribution is 0.0140. The molecule has 0 aliphatic carbocycles. The standard InChI is InChI=1S/C9H16O/c1-4-6-9(3)7-5-8(2)10-9/h4,6,8H,5,7H2,1-3H3/b6-4+. The van der Waals surface area contributed by atoms with E-state index in [4.69, 9.17) is 4.74 Å². The zero-order chi connectivity index (χ0) is 7.61. The third kappa shape index (κ3) is 1.60. The van der Waals surface area contributed by atoms with Crippen LogP contribution >= 0.6 is 0 Å². The van der Waals surface area contributed by atoms with Crippen LogP contribution in [-0.2, 0) is 4.74 Å². The van der Waals surface area contributed by atoms with E-state index in [0.29, 0.717) is 6.10 Å². The molecule has 1 heterocycles. The van der Waals surface area contributed by atoms with E-state index >= 15 is 0 Å². The Bertz CT molecular complexity index is 140. The minimum absolute atomic E-state index is 0.0359. The van der Waals surface area contributed by atoms with Crippen molar-refractivity contribution in [1.29, 1.82) is 0 Å². The van der Waals surface area contributed by atoms with Crippen molar-refractivity contribution in [2.24, 2.45) is 0 Å². The highest BCUT2D eigenvalue weighted by Crippen LogP contribution is 2.30. The summed E-state index contributed by atoms with van der Waals surface area (Å²) >= 11 is 0. The molecule has 0 aromatic carbocycles. The van der Waals surface area contributed by atoms with Crippen LogP contribution in [0, 0.1) is 0 Å². The summed E-state index contributed by atoms with van der Waals surface area (Å²) in [5.74, 6) is 0. The summed E-state index contributed by atoms with van der Waals surface area (Å²) in [5, 5.41) is 0. The molecule has 0 aromatic heterocycles. The average molecular weight is 140 g/mol. The van der Waals surface area contributed by atoms with Crippen LogP contribution in [-0.4, -0.2) is 11.7 Å². The van der Waals surface area contributed by atoms with Crippen molar-refractivity contribution >= 4 is 0 Å². The van der Waals surface area contributed by atoms with Crippen LogP contribution in [0.5, 0.6) is 0 Å². The van der Waals surface area contributed by atoms with Crippen LogP contribution in [0.2, 0.25) is 0 Å². The largest absolute Gasteiger partial charge is 0.368 e. The van der Waals surface area contributed by atoms with E-state index in [1.807, 2.05) is 6.92 Å². The number of hydrogen-bond acceptors (Lipinski definition) is 1. The Labute approximate surface area is 63.1 Å². The molecule has 0 bridgehead atoms. The van der Waals surface area contributed by atoms with Crippen LogP contribution in [0.1, 0.15) is 33.6 Å². The summed E-state index contributed by atoms with van der Waals surface area (Å²) in [6.45, 7) is 6.32. The summed E-state index contributed by atoms with van der Waals surface area (Å²) in [4.78, 5) is 0. The van der Waals surface area contributed by atoms with Crippen molar-refractivity contribution in [3.05, 3.63) is 12.2 Å². The van der Waals surface area contributed by atoms with Gasteiger partial charge in [0.25, 0.3) is 0 Å². The third-order valence-corrected chi connectivity index (χ3v) is 2.04. The van der Waals surface area contributed by atoms with Gasteiger partial charge in [-0.2, -0.15) is 0 Å². The minimum atomic E-state index is 0.0359. The van der Waals surface area contributed by atoms with Gasteiger partial charge in [0.2, 0.25) is 0 Å². The molecular weight excluding hydrogens is 124 g/mol. The fourth-order valence-electron chi connectivity index (χ4n) is 1.54. The van der Waals surface area contributed by atoms with Gasteiger partial charge < -0.3 is 4.74 Å². The summed E-state index contributed by atoms with van der Waals surface area (Å²) in [5.41, 5.74) is 0.0359. The first kappa shape index (κ1) is 7.80. The topological polar surface area (TPSA) is 9.23 Å². The maximum Gasteiger partial charge on any atom is 0.0838 e. The normalized spacial score (nSPS) is 41.3. The zero-order valence-electron chi connectivity index (χ0n) is 7.05. The number of allylic oxidation sites excluding steroid dienone is 1. The van der Waals surface area contributed by atoms with Gasteiger partial charge in [0.05, 0.1) is 11.7 Å². The summed E-state index contributed by atoms with van der Waals surface area (Å²) in [6.07, 6.45) is 7.02. The fraction of sp³-hybridized carbons (Fsp3) is 0.778. The molecule has 1 rings (SSSR count). The molecule has 0 aromatic rings. The molecule has 0 spiro atoms. The third-order valence-electron chi connectivity index (χ3n) is 2.04. The Hall–Kier alpha value is -0.300. The van der Waals surface area contributed by atoms with Crippen molar-refractivity contribution in [1.82, 2.24) is 0 Å². The second kappa shape index (κ2) is 2.75. The van der Waals surface area contributed by atoms with Gasteiger partial charge in [-0.15, -0.1) is 0 Å². The van der Waals surface area contributed by atoms with Crippen LogP contribution in [0.3, 0.4) is 0 Å². The average Bonchev–Trinajstić information content (AvgIpc) is 2.12. The van der Waals surface area contributed by atoms with Crippen molar-refractivity contribution in [3.8, 4) is 0 Å². The number of rotatable bonds is 1. The van der Waals surface area contributed by atoms with Crippen molar-refractivity contribution in [2.45, 2.75) is 45.3 Å². The van der Waals surface area contributed by atoms with Crippen molar-refractivity contribution in [3.63, 3.8) is 0 Å². The predicted molar refractivity (Wildman–Crippen MR) is 43.0 cm³/mol. The molecular formula is C9H16O. The summed E-state index contributed by atoms with van der Waals surface area (Å²) in [7, 11) is 0. The smallest absolute Gasteiger partial charge is 0.0838 e. The van der Waals surface area contributed by atoms with E-state index in [2.05, 4.69) is 26.0 Å². The van der Waals surface area contributed by atoms with E-state index in [1.165, 1.54) is 12.8 Å². The van der Waals surface area contributed by atoms with Crippen LogP contribution < -0.4 is 0 Å². The monoisotopic (exact) mass is 140 g/mol. The lowest BCUT2D eigenvalue weighted by Gasteiger charge is -2.19. The van der Waals surface area contributed by atoms with Crippen molar-refractivity contribution < 1.29 is 4.74 Å². The molecule has 1 saturated heterocycles. The fourth-order valence-corrected chi connectivity index (χ4v) is 1.54. The lowest BCUT2D eigenvalue weighted by Crippen LogP contribution is -2.20. The molecule has 2 unspecified atom stereocenters. The van der Waals surface area contributed by atoms with Crippen molar-refractivity contribution in [2.75, 3.05) is 0 Å². The van der Waals surface area contributed by atoms with Gasteiger partial charge in [-0.25, -0.2) is 0 Å². The molecule has 0 radical (unpaired) electrons. The number of ether oxygens (including phenoxy) is 1. The molecule has 58 valence electrons. The molecule has 1 heteroatoms. The molecule has 1 aliphatic rings. The quantitative estimate of drug-likeness (QED) is 0.508. The van der Waals surface area contributed by atoms with Gasteiger partial charge in [0.1, 0.15) is 0 Å². The first-order valence-electron chi connectivity index (χ1n) is 3.98. The summed E-state index contributed by atoms with van der Waals surface area (Å²) in [6, 6.07) is 0. The van der Waals surface area contributed by atoms with Gasteiger partial charge in [-0.1, -0.05) is 12.2 Å². The Balaban J connectivity index is 2.54. The number of hydrogen-bond donors (Lipinski definition) is 0. The maximum atomic E-state index is 5.70. The molecule has 2 atom stereocenters. The van der Waals surface area contributed by atoms with E-state index in [1.54, 1.807) is 0 Å². The SMILES string of the molecule is C/C=C/C1(C)CCC(C)O1. The first-order valence-corrected chi connectivity index (χ1v) is 3.98. The predicted octanol–water partition coefficient (Wildman–Crippen LogP) is 2.52. The molecule has 0 N–H and O–H groups in total. The highest BCUT2D eigenvalue weighted by Gasteiger charge is 2.30. The van der Waals surface area contributed by atoms with Crippen LogP contribution in [0.4, 0.5) is 0 Å². The molecule has 0 saturated carbocycles. The Morgan fingerprint density at radius 2 is 2.30 bits per heavy atom. The highest BCUT2D eigenvalue weighted by molar-refractivity contribution is 5.01. The van der Waals surface area contributed by atoms with E-state index in [9.17, 15) is 0 Å². The second-order valence-electron chi connectivity index (χ2n) is 3.28. The second-order valence-corrected chi connectivity index (χ2v) is 3.28. The molecule has 1 nitrogen and oxygen atoms in total. The molecule has 1 fully saturated rings. The Kier molecular flexibility index (Phi) is 2.14. The van der Waals surface area contributed by atoms with Gasteiger partial charge in [-0.3, -0.25) is 0 Å². The summed E-state index contributed by atoms with van der Waals surface area (Å²) < 4.78 is 5.70. The molecule has 1 aliphatic heterocycles. The first-order chi connectivity index (χ1) is 4.66. The van der Waals surface area contributed by atoms with E-state index < -0.39 is 0 Å². The van der Waals surface area contributed by atoms with Crippen LogP contribution in [0.25, 0.3) is 0 Å². The lowest BCUT2D eigenvalue weighted by atomic mass is 10.0. The Morgan fingerprint density at radius 3 is 2.70 bits per heavy atom. The van der Waals surface area contributed by atoms with Gasteiger partial charge in [0, 0.05) is 0 Å². The Morgan fingerprint density at radius 1 is 1.60 bits per heavy atom. The highest BCUT2D eigenvalue weighted by atomic mass is 16.5. The molecule has 0 amide bonds. The maximum absolute atomic E-state index is 5.70. The zero-order valence-corrected chi connectivity index (χ0v) is 7.05. The van der Waals surface area contributed by atoms with E-state index in [0.717, 1.165) is 0 Å². The van der Waals surface area contributed by atoms with Gasteiger partial charge >= 0.3 is 0 Å².